The molecular formula is C12H19F2NOS. The van der Waals surface area contributed by atoms with Crippen molar-refractivity contribution >= 4 is 11.3 Å². The molecule has 0 aromatic carbocycles. The number of hydrogen-bond donors (Lipinski definition) is 1. The van der Waals surface area contributed by atoms with Gasteiger partial charge in [0.05, 0.1) is 6.61 Å². The van der Waals surface area contributed by atoms with Crippen molar-refractivity contribution in [1.82, 2.24) is 5.32 Å². The minimum absolute atomic E-state index is 0.278. The predicted octanol–water partition coefficient (Wildman–Crippen LogP) is 3.34. The maximum atomic E-state index is 11.9. The summed E-state index contributed by atoms with van der Waals surface area (Å²) < 4.78 is 28.8. The number of thiophene rings is 1. The molecule has 0 fully saturated rings. The minimum atomic E-state index is -2.39. The van der Waals surface area contributed by atoms with Crippen molar-refractivity contribution in [1.29, 1.82) is 0 Å². The Bertz CT molecular complexity index is 328. The fraction of sp³-hybridized carbons (Fsp3) is 0.667. The van der Waals surface area contributed by atoms with Crippen molar-refractivity contribution in [2.45, 2.75) is 39.8 Å². The maximum Gasteiger partial charge on any atom is 0.261 e. The largest absolute Gasteiger partial charge is 0.371 e. The smallest absolute Gasteiger partial charge is 0.261 e. The summed E-state index contributed by atoms with van der Waals surface area (Å²) in [5.74, 6) is 0. The van der Waals surface area contributed by atoms with Crippen molar-refractivity contribution in [3.63, 3.8) is 0 Å². The van der Waals surface area contributed by atoms with Crippen LogP contribution in [-0.4, -0.2) is 19.6 Å². The Morgan fingerprint density at radius 3 is 2.88 bits per heavy atom. The summed E-state index contributed by atoms with van der Waals surface area (Å²) in [6.07, 6.45) is -1.28. The number of halogens is 2. The van der Waals surface area contributed by atoms with Crippen LogP contribution < -0.4 is 5.32 Å². The van der Waals surface area contributed by atoms with E-state index in [-0.39, 0.29) is 6.61 Å². The molecule has 0 unspecified atom stereocenters. The standard InChI is InChI=1S/C12H19F2NOS/c1-3-4-15-6-11-5-10(9(2)17-11)7-16-8-12(13)14/h5,12,15H,3-4,6-8H2,1-2H3. The van der Waals surface area contributed by atoms with Crippen LogP contribution in [0.5, 0.6) is 0 Å². The van der Waals surface area contributed by atoms with E-state index in [0.717, 1.165) is 30.0 Å². The SMILES string of the molecule is CCCNCc1cc(COCC(F)F)c(C)s1. The van der Waals surface area contributed by atoms with Gasteiger partial charge in [0, 0.05) is 16.3 Å². The predicted molar refractivity (Wildman–Crippen MR) is 66.7 cm³/mol. The average Bonchev–Trinajstić information content (AvgIpc) is 2.60. The Morgan fingerprint density at radius 1 is 1.47 bits per heavy atom. The zero-order valence-corrected chi connectivity index (χ0v) is 11.1. The second kappa shape index (κ2) is 7.74. The summed E-state index contributed by atoms with van der Waals surface area (Å²) in [6.45, 7) is 5.74. The highest BCUT2D eigenvalue weighted by Crippen LogP contribution is 2.22. The summed E-state index contributed by atoms with van der Waals surface area (Å²) in [6, 6.07) is 2.04. The number of nitrogens with one attached hydrogen (secondary N) is 1. The van der Waals surface area contributed by atoms with Crippen LogP contribution in [-0.2, 0) is 17.9 Å². The fourth-order valence-corrected chi connectivity index (χ4v) is 2.48. The van der Waals surface area contributed by atoms with Gasteiger partial charge in [0.25, 0.3) is 6.43 Å². The van der Waals surface area contributed by atoms with Crippen LogP contribution in [0.4, 0.5) is 8.78 Å². The van der Waals surface area contributed by atoms with Crippen LogP contribution >= 0.6 is 11.3 Å². The third-order valence-corrected chi connectivity index (χ3v) is 3.39. The third-order valence-electron chi connectivity index (χ3n) is 2.30. The molecule has 0 amide bonds. The van der Waals surface area contributed by atoms with Gasteiger partial charge < -0.3 is 10.1 Å². The monoisotopic (exact) mass is 263 g/mol. The van der Waals surface area contributed by atoms with Gasteiger partial charge in [-0.05, 0) is 31.5 Å². The lowest BCUT2D eigenvalue weighted by atomic mass is 10.2. The summed E-state index contributed by atoms with van der Waals surface area (Å²) in [4.78, 5) is 2.37. The third kappa shape index (κ3) is 5.57. The molecule has 98 valence electrons. The molecule has 0 aliphatic heterocycles. The molecule has 0 atom stereocenters. The van der Waals surface area contributed by atoms with Gasteiger partial charge in [-0.25, -0.2) is 8.78 Å². The van der Waals surface area contributed by atoms with Crippen molar-refractivity contribution in [2.24, 2.45) is 0 Å². The summed E-state index contributed by atoms with van der Waals surface area (Å²) >= 11 is 1.69. The molecule has 1 rings (SSSR count). The molecule has 0 aliphatic rings. The number of rotatable bonds is 8. The summed E-state index contributed by atoms with van der Waals surface area (Å²) in [7, 11) is 0. The lowest BCUT2D eigenvalue weighted by molar-refractivity contribution is 0.00983. The van der Waals surface area contributed by atoms with Gasteiger partial charge in [0.2, 0.25) is 0 Å². The van der Waals surface area contributed by atoms with Gasteiger partial charge in [-0.2, -0.15) is 0 Å². The van der Waals surface area contributed by atoms with E-state index in [1.54, 1.807) is 11.3 Å². The second-order valence-corrected chi connectivity index (χ2v) is 5.22. The van der Waals surface area contributed by atoms with Crippen LogP contribution in [0, 0.1) is 6.92 Å². The molecule has 0 spiro atoms. The van der Waals surface area contributed by atoms with E-state index in [1.807, 2.05) is 13.0 Å². The lowest BCUT2D eigenvalue weighted by Gasteiger charge is -2.02. The second-order valence-electron chi connectivity index (χ2n) is 3.88. The van der Waals surface area contributed by atoms with Crippen LogP contribution in [0.1, 0.15) is 28.7 Å². The van der Waals surface area contributed by atoms with Crippen LogP contribution in [0.15, 0.2) is 6.07 Å². The van der Waals surface area contributed by atoms with Gasteiger partial charge >= 0.3 is 0 Å². The van der Waals surface area contributed by atoms with E-state index in [4.69, 9.17) is 4.74 Å². The van der Waals surface area contributed by atoms with Gasteiger partial charge in [-0.3, -0.25) is 0 Å². The average molecular weight is 263 g/mol. The molecule has 1 aromatic rings. The van der Waals surface area contributed by atoms with E-state index in [0.29, 0.717) is 0 Å². The first kappa shape index (κ1) is 14.5. The highest BCUT2D eigenvalue weighted by molar-refractivity contribution is 7.12. The number of hydrogen-bond acceptors (Lipinski definition) is 3. The van der Waals surface area contributed by atoms with Crippen molar-refractivity contribution < 1.29 is 13.5 Å². The molecule has 0 saturated carbocycles. The molecule has 1 N–H and O–H groups in total. The highest BCUT2D eigenvalue weighted by Gasteiger charge is 2.07. The van der Waals surface area contributed by atoms with Crippen molar-refractivity contribution in [3.8, 4) is 0 Å². The summed E-state index contributed by atoms with van der Waals surface area (Å²) in [5, 5.41) is 3.32. The Balaban J connectivity index is 2.39. The zero-order valence-electron chi connectivity index (χ0n) is 10.3. The van der Waals surface area contributed by atoms with E-state index >= 15 is 0 Å². The Kier molecular flexibility index (Phi) is 6.62. The number of aryl methyl sites for hydroxylation is 1. The molecule has 1 heterocycles. The molecule has 0 bridgehead atoms. The first-order valence-corrected chi connectivity index (χ1v) is 6.60. The molecule has 1 aromatic heterocycles. The van der Waals surface area contributed by atoms with Crippen LogP contribution in [0.25, 0.3) is 0 Å². The molecular weight excluding hydrogens is 244 g/mol. The van der Waals surface area contributed by atoms with Gasteiger partial charge in [-0.15, -0.1) is 11.3 Å². The molecule has 2 nitrogen and oxygen atoms in total. The lowest BCUT2D eigenvalue weighted by Crippen LogP contribution is -2.12. The normalized spacial score (nSPS) is 11.4. The first-order chi connectivity index (χ1) is 8.13. The van der Waals surface area contributed by atoms with Crippen molar-refractivity contribution in [3.05, 3.63) is 21.4 Å². The molecule has 5 heteroatoms. The van der Waals surface area contributed by atoms with E-state index in [1.165, 1.54) is 4.88 Å². The Labute approximate surface area is 105 Å². The number of alkyl halides is 2. The zero-order chi connectivity index (χ0) is 12.7. The highest BCUT2D eigenvalue weighted by atomic mass is 32.1. The Morgan fingerprint density at radius 2 is 2.24 bits per heavy atom. The summed E-state index contributed by atoms with van der Waals surface area (Å²) in [5.41, 5.74) is 1.02. The van der Waals surface area contributed by atoms with Gasteiger partial charge in [0.15, 0.2) is 0 Å². The van der Waals surface area contributed by atoms with E-state index in [9.17, 15) is 8.78 Å². The fourth-order valence-electron chi connectivity index (χ4n) is 1.46. The van der Waals surface area contributed by atoms with E-state index < -0.39 is 13.0 Å². The van der Waals surface area contributed by atoms with Crippen LogP contribution in [0.2, 0.25) is 0 Å². The molecule has 0 aliphatic carbocycles. The first-order valence-electron chi connectivity index (χ1n) is 5.78. The van der Waals surface area contributed by atoms with Gasteiger partial charge in [-0.1, -0.05) is 6.92 Å². The molecule has 0 saturated heterocycles. The van der Waals surface area contributed by atoms with E-state index in [2.05, 4.69) is 12.2 Å². The van der Waals surface area contributed by atoms with Gasteiger partial charge in [0.1, 0.15) is 6.61 Å². The van der Waals surface area contributed by atoms with Crippen molar-refractivity contribution in [2.75, 3.05) is 13.2 Å². The molecule has 0 radical (unpaired) electrons. The Hall–Kier alpha value is -0.520. The van der Waals surface area contributed by atoms with Crippen LogP contribution in [0.3, 0.4) is 0 Å². The number of ether oxygens (including phenoxy) is 1. The maximum absolute atomic E-state index is 11.9. The topological polar surface area (TPSA) is 21.3 Å². The quantitative estimate of drug-likeness (QED) is 0.726. The molecule has 17 heavy (non-hydrogen) atoms. The minimum Gasteiger partial charge on any atom is -0.371 e.